The summed E-state index contributed by atoms with van der Waals surface area (Å²) in [4.78, 5) is 0. The average molecular weight is 635 g/mol. The molecule has 0 aromatic heterocycles. The van der Waals surface area contributed by atoms with Crippen molar-refractivity contribution in [3.8, 4) is 0 Å². The molecule has 0 bridgehead atoms. The maximum Gasteiger partial charge on any atom is 0.187 e. The van der Waals surface area contributed by atoms with Crippen molar-refractivity contribution in [2.24, 2.45) is 0 Å². The van der Waals surface area contributed by atoms with Crippen molar-refractivity contribution in [2.45, 2.75) is 123 Å². The molecule has 4 aliphatic rings. The molecule has 4 saturated heterocycles. The second-order valence-electron chi connectivity index (χ2n) is 11.0. The van der Waals surface area contributed by atoms with Crippen LogP contribution >= 0.6 is 0 Å². The van der Waals surface area contributed by atoms with Crippen LogP contribution < -0.4 is 0 Å². The van der Waals surface area contributed by atoms with Gasteiger partial charge in [0, 0.05) is 0 Å². The highest BCUT2D eigenvalue weighted by Gasteiger charge is 2.54. The van der Waals surface area contributed by atoms with Gasteiger partial charge in [-0.1, -0.05) is 0 Å². The quantitative estimate of drug-likeness (QED) is 0.106. The van der Waals surface area contributed by atoms with Crippen LogP contribution in [-0.4, -0.2) is 204 Å². The minimum Gasteiger partial charge on any atom is -0.394 e. The zero-order valence-corrected chi connectivity index (χ0v) is 23.0. The zero-order chi connectivity index (χ0) is 31.7. The minimum absolute atomic E-state index is 0.570. The molecule has 0 aliphatic carbocycles. The third kappa shape index (κ3) is 7.00. The molecule has 0 spiro atoms. The molecule has 4 aliphatic heterocycles. The molecular formula is C24H42O19. The van der Waals surface area contributed by atoms with Gasteiger partial charge >= 0.3 is 0 Å². The number of ether oxygens (including phenoxy) is 7. The van der Waals surface area contributed by atoms with E-state index in [4.69, 9.17) is 33.2 Å². The first-order valence-electron chi connectivity index (χ1n) is 13.8. The Labute approximate surface area is 244 Å². The van der Waals surface area contributed by atoms with Gasteiger partial charge in [0.1, 0.15) is 91.6 Å². The summed E-state index contributed by atoms with van der Waals surface area (Å²) in [5.41, 5.74) is 0. The lowest BCUT2D eigenvalue weighted by molar-refractivity contribution is -0.379. The fraction of sp³-hybridized carbons (Fsp3) is 1.00. The highest BCUT2D eigenvalue weighted by Crippen LogP contribution is 2.34. The van der Waals surface area contributed by atoms with E-state index in [-0.39, 0.29) is 0 Å². The molecule has 0 unspecified atom stereocenters. The van der Waals surface area contributed by atoms with Crippen molar-refractivity contribution in [1.82, 2.24) is 0 Å². The zero-order valence-electron chi connectivity index (χ0n) is 23.0. The predicted molar refractivity (Wildman–Crippen MR) is 131 cm³/mol. The Hall–Kier alpha value is -0.760. The Kier molecular flexibility index (Phi) is 12.1. The van der Waals surface area contributed by atoms with Gasteiger partial charge in [0.25, 0.3) is 0 Å². The second-order valence-corrected chi connectivity index (χ2v) is 11.0. The number of aliphatic hydroxyl groups is 12. The van der Waals surface area contributed by atoms with Crippen LogP contribution in [0.2, 0.25) is 0 Å². The average Bonchev–Trinajstić information content (AvgIpc) is 3.30. The molecule has 0 aromatic carbocycles. The number of aliphatic hydroxyl groups excluding tert-OH is 12. The van der Waals surface area contributed by atoms with Crippen molar-refractivity contribution < 1.29 is 94.4 Å². The van der Waals surface area contributed by atoms with Crippen LogP contribution in [0.1, 0.15) is 6.92 Å². The summed E-state index contributed by atoms with van der Waals surface area (Å²) >= 11 is 0. The van der Waals surface area contributed by atoms with E-state index in [9.17, 15) is 61.3 Å². The Bertz CT molecular complexity index is 864. The van der Waals surface area contributed by atoms with Gasteiger partial charge in [0.05, 0.1) is 32.5 Å². The van der Waals surface area contributed by atoms with E-state index in [1.807, 2.05) is 0 Å². The van der Waals surface area contributed by atoms with Crippen molar-refractivity contribution >= 4 is 0 Å². The Balaban J connectivity index is 1.40. The molecule has 0 radical (unpaired) electrons. The van der Waals surface area contributed by atoms with E-state index < -0.39 is 143 Å². The maximum atomic E-state index is 10.8. The third-order valence-corrected chi connectivity index (χ3v) is 8.11. The van der Waals surface area contributed by atoms with Gasteiger partial charge in [-0.05, 0) is 6.92 Å². The molecule has 252 valence electrons. The highest BCUT2D eigenvalue weighted by molar-refractivity contribution is 4.97. The fourth-order valence-electron chi connectivity index (χ4n) is 5.56. The molecule has 4 fully saturated rings. The van der Waals surface area contributed by atoms with E-state index >= 15 is 0 Å². The summed E-state index contributed by atoms with van der Waals surface area (Å²) in [6.45, 7) is -1.32. The van der Waals surface area contributed by atoms with Crippen LogP contribution in [0, 0.1) is 0 Å². The van der Waals surface area contributed by atoms with Crippen molar-refractivity contribution in [1.29, 1.82) is 0 Å². The molecule has 12 N–H and O–H groups in total. The van der Waals surface area contributed by atoms with Crippen LogP contribution in [0.4, 0.5) is 0 Å². The molecule has 4 rings (SSSR count). The standard InChI is InChI=1S/C24H42O19/c1-6-19(14(32)17(35)22(37-6)42-20-9(4-27)38-8(3-26)12(20)30)41-24-18(36)15(33)21(10(5-28)40-24)43-23-16(34)13(31)11(29)7(2-25)39-23/h6-36H,2-5H2,1H3/t6-,7+,8+,9+,10+,11+,12+,13-,14-,15+,16-,17+,18+,19-,20+,21-,22-,23-,24+/m0/s1. The first-order chi connectivity index (χ1) is 20.4. The number of rotatable bonds is 10. The predicted octanol–water partition coefficient (Wildman–Crippen LogP) is -8.04. The highest BCUT2D eigenvalue weighted by atomic mass is 16.8. The van der Waals surface area contributed by atoms with Crippen LogP contribution in [0.25, 0.3) is 0 Å². The van der Waals surface area contributed by atoms with Gasteiger partial charge in [-0.3, -0.25) is 0 Å². The second kappa shape index (κ2) is 14.8. The Morgan fingerprint density at radius 2 is 0.767 bits per heavy atom. The molecule has 19 atom stereocenters. The smallest absolute Gasteiger partial charge is 0.187 e. The summed E-state index contributed by atoms with van der Waals surface area (Å²) in [7, 11) is 0. The van der Waals surface area contributed by atoms with Gasteiger partial charge in [0.2, 0.25) is 0 Å². The first kappa shape index (κ1) is 35.1. The topological polar surface area (TPSA) is 307 Å². The van der Waals surface area contributed by atoms with Gasteiger partial charge < -0.3 is 94.4 Å². The third-order valence-electron chi connectivity index (χ3n) is 8.11. The van der Waals surface area contributed by atoms with Crippen molar-refractivity contribution in [3.05, 3.63) is 0 Å². The van der Waals surface area contributed by atoms with E-state index in [0.717, 1.165) is 0 Å². The number of hydrogen-bond donors (Lipinski definition) is 12. The minimum atomic E-state index is -1.91. The van der Waals surface area contributed by atoms with Crippen molar-refractivity contribution in [3.63, 3.8) is 0 Å². The lowest BCUT2D eigenvalue weighted by Crippen LogP contribution is -2.66. The molecule has 43 heavy (non-hydrogen) atoms. The maximum absolute atomic E-state index is 10.8. The van der Waals surface area contributed by atoms with E-state index in [1.54, 1.807) is 0 Å². The molecule has 4 heterocycles. The van der Waals surface area contributed by atoms with Crippen LogP contribution in [0.15, 0.2) is 0 Å². The van der Waals surface area contributed by atoms with Gasteiger partial charge in [0.15, 0.2) is 18.9 Å². The molecule has 19 heteroatoms. The van der Waals surface area contributed by atoms with Gasteiger partial charge in [-0.2, -0.15) is 0 Å². The summed E-state index contributed by atoms with van der Waals surface area (Å²) in [6, 6.07) is 0. The van der Waals surface area contributed by atoms with Crippen LogP contribution in [-0.2, 0) is 33.2 Å². The van der Waals surface area contributed by atoms with Gasteiger partial charge in [-0.15, -0.1) is 0 Å². The molecule has 0 aromatic rings. The summed E-state index contributed by atoms with van der Waals surface area (Å²) in [5, 5.41) is 122. The molecule has 0 saturated carbocycles. The molecule has 0 amide bonds. The summed E-state index contributed by atoms with van der Waals surface area (Å²) < 4.78 is 38.5. The monoisotopic (exact) mass is 634 g/mol. The largest absolute Gasteiger partial charge is 0.394 e. The first-order valence-corrected chi connectivity index (χ1v) is 13.8. The SMILES string of the molecule is C[C@@H]1O[C@@H](O[C@H]2[C@H](O)[C@@H](CO)O[C@@H]2CO)[C@H](O)[C@H](O)[C@H]1O[C@H]1O[C@H](CO)[C@H](O[C@@H]2O[C@H](CO)[C@@H](O)[C@H](O)[C@@H]2O)[C@H](O)[C@H]1O. The Morgan fingerprint density at radius 1 is 0.395 bits per heavy atom. The van der Waals surface area contributed by atoms with Crippen LogP contribution in [0.5, 0.6) is 0 Å². The molecular weight excluding hydrogens is 592 g/mol. The summed E-state index contributed by atoms with van der Waals surface area (Å²) in [6.07, 6.45) is -29.3. The Morgan fingerprint density at radius 3 is 1.30 bits per heavy atom. The fourth-order valence-corrected chi connectivity index (χ4v) is 5.56. The van der Waals surface area contributed by atoms with Crippen molar-refractivity contribution in [2.75, 3.05) is 26.4 Å². The lowest BCUT2D eigenvalue weighted by atomic mass is 9.96. The number of hydrogen-bond acceptors (Lipinski definition) is 19. The lowest BCUT2D eigenvalue weighted by Gasteiger charge is -2.48. The van der Waals surface area contributed by atoms with E-state index in [1.165, 1.54) is 6.92 Å². The van der Waals surface area contributed by atoms with E-state index in [2.05, 4.69) is 0 Å². The molecule has 19 nitrogen and oxygen atoms in total. The van der Waals surface area contributed by atoms with Gasteiger partial charge in [-0.25, -0.2) is 0 Å². The van der Waals surface area contributed by atoms with Crippen LogP contribution in [0.3, 0.4) is 0 Å². The normalized spacial score (nSPS) is 52.8. The summed E-state index contributed by atoms with van der Waals surface area (Å²) in [5.74, 6) is 0. The van der Waals surface area contributed by atoms with E-state index in [0.29, 0.717) is 0 Å².